The van der Waals surface area contributed by atoms with Crippen molar-refractivity contribution in [3.05, 3.63) is 51.7 Å². The maximum Gasteiger partial charge on any atom is 0.350 e. The number of methoxy groups -OCH3 is 1. The van der Waals surface area contributed by atoms with Crippen molar-refractivity contribution in [3.8, 4) is 6.07 Å². The standard InChI is InChI=1S/C14H11N3O2S/c1-19-14(18)13-12(6-7-20-13)17-16-9-11-4-2-10(8-15)3-5-11/h2-7,9,17H,1H3/b16-9+. The number of thiophene rings is 1. The highest BCUT2D eigenvalue weighted by Gasteiger charge is 2.12. The Kier molecular flexibility index (Phi) is 4.47. The summed E-state index contributed by atoms with van der Waals surface area (Å²) in [5, 5.41) is 14.5. The number of benzene rings is 1. The molecule has 0 aliphatic carbocycles. The van der Waals surface area contributed by atoms with Gasteiger partial charge in [-0.15, -0.1) is 11.3 Å². The van der Waals surface area contributed by atoms with E-state index in [1.165, 1.54) is 18.4 Å². The second-order valence-corrected chi connectivity index (χ2v) is 4.67. The van der Waals surface area contributed by atoms with Gasteiger partial charge in [-0.3, -0.25) is 5.43 Å². The zero-order valence-electron chi connectivity index (χ0n) is 10.7. The minimum absolute atomic E-state index is 0.393. The predicted octanol–water partition coefficient (Wildman–Crippen LogP) is 2.85. The van der Waals surface area contributed by atoms with Gasteiger partial charge >= 0.3 is 5.97 Å². The summed E-state index contributed by atoms with van der Waals surface area (Å²) < 4.78 is 4.67. The lowest BCUT2D eigenvalue weighted by molar-refractivity contribution is 0.0607. The number of nitriles is 1. The minimum atomic E-state index is -0.393. The third-order valence-electron chi connectivity index (χ3n) is 2.47. The molecule has 2 aromatic rings. The molecule has 0 aliphatic rings. The molecule has 0 spiro atoms. The lowest BCUT2D eigenvalue weighted by Gasteiger charge is -2.00. The van der Waals surface area contributed by atoms with Crippen molar-refractivity contribution >= 4 is 29.2 Å². The Morgan fingerprint density at radius 3 is 2.80 bits per heavy atom. The van der Waals surface area contributed by atoms with Crippen molar-refractivity contribution in [1.82, 2.24) is 0 Å². The monoisotopic (exact) mass is 285 g/mol. The lowest BCUT2D eigenvalue weighted by Crippen LogP contribution is -2.01. The Labute approximate surface area is 120 Å². The highest BCUT2D eigenvalue weighted by molar-refractivity contribution is 7.12. The Morgan fingerprint density at radius 2 is 2.15 bits per heavy atom. The van der Waals surface area contributed by atoms with Crippen LogP contribution in [0.1, 0.15) is 20.8 Å². The minimum Gasteiger partial charge on any atom is -0.465 e. The fourth-order valence-electron chi connectivity index (χ4n) is 1.47. The average Bonchev–Trinajstić information content (AvgIpc) is 2.95. The molecular weight excluding hydrogens is 274 g/mol. The molecule has 1 heterocycles. The molecule has 0 amide bonds. The fraction of sp³-hybridized carbons (Fsp3) is 0.0714. The van der Waals surface area contributed by atoms with E-state index < -0.39 is 5.97 Å². The van der Waals surface area contributed by atoms with Crippen molar-refractivity contribution < 1.29 is 9.53 Å². The number of hydrogen-bond donors (Lipinski definition) is 1. The van der Waals surface area contributed by atoms with E-state index in [0.29, 0.717) is 16.1 Å². The number of anilines is 1. The summed E-state index contributed by atoms with van der Waals surface area (Å²) in [5.41, 5.74) is 4.85. The summed E-state index contributed by atoms with van der Waals surface area (Å²) in [7, 11) is 1.34. The molecule has 2 rings (SSSR count). The molecule has 0 saturated heterocycles. The Balaban J connectivity index is 2.05. The number of nitrogens with zero attached hydrogens (tertiary/aromatic N) is 2. The van der Waals surface area contributed by atoms with Gasteiger partial charge in [0.2, 0.25) is 0 Å². The number of esters is 1. The smallest absolute Gasteiger partial charge is 0.350 e. The van der Waals surface area contributed by atoms with Crippen LogP contribution in [0.2, 0.25) is 0 Å². The van der Waals surface area contributed by atoms with Crippen LogP contribution in [-0.2, 0) is 4.74 Å². The van der Waals surface area contributed by atoms with Crippen LogP contribution in [-0.4, -0.2) is 19.3 Å². The molecule has 0 unspecified atom stereocenters. The van der Waals surface area contributed by atoms with E-state index in [9.17, 15) is 4.79 Å². The predicted molar refractivity (Wildman–Crippen MR) is 78.0 cm³/mol. The number of carbonyl (C=O) groups excluding carboxylic acids is 1. The molecule has 1 N–H and O–H groups in total. The third kappa shape index (κ3) is 3.22. The van der Waals surface area contributed by atoms with Crippen LogP contribution in [0.5, 0.6) is 0 Å². The van der Waals surface area contributed by atoms with E-state index in [4.69, 9.17) is 5.26 Å². The van der Waals surface area contributed by atoms with E-state index >= 15 is 0 Å². The normalized spacial score (nSPS) is 10.2. The number of rotatable bonds is 4. The Hall–Kier alpha value is -2.65. The van der Waals surface area contributed by atoms with Gasteiger partial charge in [0.05, 0.1) is 30.6 Å². The molecule has 0 bridgehead atoms. The summed E-state index contributed by atoms with van der Waals surface area (Å²) in [6.45, 7) is 0. The van der Waals surface area contributed by atoms with Gasteiger partial charge in [-0.2, -0.15) is 10.4 Å². The second kappa shape index (κ2) is 6.50. The van der Waals surface area contributed by atoms with Gasteiger partial charge in [-0.05, 0) is 29.1 Å². The zero-order chi connectivity index (χ0) is 14.4. The van der Waals surface area contributed by atoms with Gasteiger partial charge in [-0.25, -0.2) is 4.79 Å². The third-order valence-corrected chi connectivity index (χ3v) is 3.37. The van der Waals surface area contributed by atoms with Crippen LogP contribution in [0.25, 0.3) is 0 Å². The van der Waals surface area contributed by atoms with Gasteiger partial charge in [0.25, 0.3) is 0 Å². The first-order chi connectivity index (χ1) is 9.74. The maximum atomic E-state index is 11.5. The van der Waals surface area contributed by atoms with E-state index in [2.05, 4.69) is 15.3 Å². The SMILES string of the molecule is COC(=O)c1sccc1N/N=C/c1ccc(C#N)cc1. The van der Waals surface area contributed by atoms with Crippen LogP contribution in [0.15, 0.2) is 40.8 Å². The number of nitrogens with one attached hydrogen (secondary N) is 1. The number of ether oxygens (including phenoxy) is 1. The first-order valence-electron chi connectivity index (χ1n) is 5.69. The molecule has 0 atom stereocenters. The molecular formula is C14H11N3O2S. The van der Waals surface area contributed by atoms with Crippen LogP contribution < -0.4 is 5.43 Å². The fourth-order valence-corrected chi connectivity index (χ4v) is 2.23. The average molecular weight is 285 g/mol. The van der Waals surface area contributed by atoms with E-state index in [1.807, 2.05) is 6.07 Å². The molecule has 0 aliphatic heterocycles. The molecule has 6 heteroatoms. The van der Waals surface area contributed by atoms with Crippen molar-refractivity contribution in [3.63, 3.8) is 0 Å². The van der Waals surface area contributed by atoms with Gasteiger partial charge in [0.1, 0.15) is 4.88 Å². The molecule has 5 nitrogen and oxygen atoms in total. The van der Waals surface area contributed by atoms with Gasteiger partial charge in [0, 0.05) is 0 Å². The number of hydrogen-bond acceptors (Lipinski definition) is 6. The quantitative estimate of drug-likeness (QED) is 0.532. The van der Waals surface area contributed by atoms with E-state index in [0.717, 1.165) is 5.56 Å². The molecule has 0 radical (unpaired) electrons. The summed E-state index contributed by atoms with van der Waals surface area (Å²) in [4.78, 5) is 11.9. The highest BCUT2D eigenvalue weighted by Crippen LogP contribution is 2.22. The van der Waals surface area contributed by atoms with Crippen molar-refractivity contribution in [1.29, 1.82) is 5.26 Å². The van der Waals surface area contributed by atoms with E-state index in [1.54, 1.807) is 41.9 Å². The molecule has 0 saturated carbocycles. The summed E-state index contributed by atoms with van der Waals surface area (Å²) in [6.07, 6.45) is 1.61. The second-order valence-electron chi connectivity index (χ2n) is 3.76. The summed E-state index contributed by atoms with van der Waals surface area (Å²) >= 11 is 1.29. The van der Waals surface area contributed by atoms with Crippen LogP contribution >= 0.6 is 11.3 Å². The molecule has 20 heavy (non-hydrogen) atoms. The van der Waals surface area contributed by atoms with Crippen LogP contribution in [0.4, 0.5) is 5.69 Å². The number of carbonyl (C=O) groups is 1. The highest BCUT2D eigenvalue weighted by atomic mass is 32.1. The molecule has 100 valence electrons. The number of hydrazone groups is 1. The Bertz CT molecular complexity index is 668. The first-order valence-corrected chi connectivity index (χ1v) is 6.57. The summed E-state index contributed by atoms with van der Waals surface area (Å²) in [5.74, 6) is -0.393. The van der Waals surface area contributed by atoms with Crippen molar-refractivity contribution in [2.45, 2.75) is 0 Å². The van der Waals surface area contributed by atoms with Crippen LogP contribution in [0.3, 0.4) is 0 Å². The first kappa shape index (κ1) is 13.8. The topological polar surface area (TPSA) is 74.5 Å². The summed E-state index contributed by atoms with van der Waals surface area (Å²) in [6, 6.07) is 10.8. The van der Waals surface area contributed by atoms with Gasteiger partial charge < -0.3 is 4.74 Å². The molecule has 1 aromatic heterocycles. The van der Waals surface area contributed by atoms with Crippen molar-refractivity contribution in [2.24, 2.45) is 5.10 Å². The lowest BCUT2D eigenvalue weighted by atomic mass is 10.2. The Morgan fingerprint density at radius 1 is 1.40 bits per heavy atom. The van der Waals surface area contributed by atoms with Crippen LogP contribution in [0, 0.1) is 11.3 Å². The van der Waals surface area contributed by atoms with Crippen molar-refractivity contribution in [2.75, 3.05) is 12.5 Å². The largest absolute Gasteiger partial charge is 0.465 e. The zero-order valence-corrected chi connectivity index (χ0v) is 11.5. The maximum absolute atomic E-state index is 11.5. The van der Waals surface area contributed by atoms with Gasteiger partial charge in [0.15, 0.2) is 0 Å². The van der Waals surface area contributed by atoms with E-state index in [-0.39, 0.29) is 0 Å². The van der Waals surface area contributed by atoms with Gasteiger partial charge in [-0.1, -0.05) is 12.1 Å². The molecule has 1 aromatic carbocycles. The molecule has 0 fully saturated rings.